The lowest BCUT2D eigenvalue weighted by molar-refractivity contribution is 0.102. The predicted molar refractivity (Wildman–Crippen MR) is 92.8 cm³/mol. The Bertz CT molecular complexity index is 901. The standard InChI is InChI=1S/C18H19N5O/c19-15-4-2-1-3-11-9-12(5-6-13(11)15)18(24)22-16-7-8-20-17-14(16)10-21-23-17/h5-10,15H,1-4,19H2,(H2,20,21,22,23,24). The molecule has 1 atom stereocenters. The number of aromatic nitrogens is 3. The average Bonchev–Trinajstić information content (AvgIpc) is 3.00. The molecule has 0 spiro atoms. The van der Waals surface area contributed by atoms with Crippen LogP contribution in [0.3, 0.4) is 0 Å². The Morgan fingerprint density at radius 1 is 1.29 bits per heavy atom. The summed E-state index contributed by atoms with van der Waals surface area (Å²) in [4.78, 5) is 16.8. The molecule has 1 aliphatic carbocycles. The van der Waals surface area contributed by atoms with E-state index in [0.29, 0.717) is 16.9 Å². The van der Waals surface area contributed by atoms with E-state index in [4.69, 9.17) is 5.73 Å². The molecule has 0 aliphatic heterocycles. The number of amides is 1. The Morgan fingerprint density at radius 3 is 3.12 bits per heavy atom. The second-order valence-electron chi connectivity index (χ2n) is 6.21. The maximum atomic E-state index is 12.6. The number of aromatic amines is 1. The zero-order valence-corrected chi connectivity index (χ0v) is 13.2. The molecule has 1 unspecified atom stereocenters. The van der Waals surface area contributed by atoms with Gasteiger partial charge in [-0.2, -0.15) is 5.10 Å². The number of pyridine rings is 1. The van der Waals surface area contributed by atoms with Gasteiger partial charge in [-0.25, -0.2) is 4.98 Å². The van der Waals surface area contributed by atoms with Crippen LogP contribution >= 0.6 is 0 Å². The number of hydrogen-bond acceptors (Lipinski definition) is 4. The van der Waals surface area contributed by atoms with Crippen molar-refractivity contribution in [3.05, 3.63) is 53.3 Å². The number of nitrogens with two attached hydrogens (primary N) is 1. The number of nitrogens with one attached hydrogen (secondary N) is 2. The fraction of sp³-hybridized carbons (Fsp3) is 0.278. The van der Waals surface area contributed by atoms with Crippen LogP contribution in [-0.4, -0.2) is 21.1 Å². The summed E-state index contributed by atoms with van der Waals surface area (Å²) in [7, 11) is 0. The monoisotopic (exact) mass is 321 g/mol. The Hall–Kier alpha value is -2.73. The van der Waals surface area contributed by atoms with E-state index >= 15 is 0 Å². The van der Waals surface area contributed by atoms with Gasteiger partial charge in [-0.15, -0.1) is 0 Å². The van der Waals surface area contributed by atoms with Gasteiger partial charge < -0.3 is 11.1 Å². The van der Waals surface area contributed by atoms with Crippen LogP contribution in [0.5, 0.6) is 0 Å². The lowest BCUT2D eigenvalue weighted by Crippen LogP contribution is -2.15. The summed E-state index contributed by atoms with van der Waals surface area (Å²) < 4.78 is 0. The number of aryl methyl sites for hydroxylation is 1. The minimum atomic E-state index is -0.135. The molecule has 1 aliphatic rings. The molecule has 0 saturated carbocycles. The van der Waals surface area contributed by atoms with E-state index in [1.807, 2.05) is 18.2 Å². The smallest absolute Gasteiger partial charge is 0.255 e. The Balaban J connectivity index is 1.63. The Kier molecular flexibility index (Phi) is 3.74. The topological polar surface area (TPSA) is 96.7 Å². The number of fused-ring (bicyclic) bond motifs is 2. The van der Waals surface area contributed by atoms with Gasteiger partial charge in [0, 0.05) is 17.8 Å². The minimum Gasteiger partial charge on any atom is -0.324 e. The number of carbonyl (C=O) groups excluding carboxylic acids is 1. The zero-order chi connectivity index (χ0) is 16.5. The Labute approximate surface area is 139 Å². The van der Waals surface area contributed by atoms with Crippen molar-refractivity contribution in [2.45, 2.75) is 31.7 Å². The van der Waals surface area contributed by atoms with Crippen LogP contribution in [0.1, 0.15) is 46.8 Å². The highest BCUT2D eigenvalue weighted by Gasteiger charge is 2.17. The van der Waals surface area contributed by atoms with Crippen molar-refractivity contribution >= 4 is 22.6 Å². The lowest BCUT2D eigenvalue weighted by atomic mass is 9.97. The van der Waals surface area contributed by atoms with Gasteiger partial charge in [-0.3, -0.25) is 9.89 Å². The molecule has 2 aromatic heterocycles. The number of rotatable bonds is 2. The molecule has 4 N–H and O–H groups in total. The van der Waals surface area contributed by atoms with Crippen molar-refractivity contribution in [2.75, 3.05) is 5.32 Å². The van der Waals surface area contributed by atoms with Crippen molar-refractivity contribution in [1.82, 2.24) is 15.2 Å². The third-order valence-electron chi connectivity index (χ3n) is 4.62. The van der Waals surface area contributed by atoms with Crippen molar-refractivity contribution < 1.29 is 4.79 Å². The first-order valence-corrected chi connectivity index (χ1v) is 8.20. The van der Waals surface area contributed by atoms with Gasteiger partial charge in [0.1, 0.15) is 0 Å². The maximum Gasteiger partial charge on any atom is 0.255 e. The molecule has 1 amide bonds. The molecular weight excluding hydrogens is 302 g/mol. The number of nitrogens with zero attached hydrogens (tertiary/aromatic N) is 2. The molecule has 0 fully saturated rings. The second-order valence-corrected chi connectivity index (χ2v) is 6.21. The van der Waals surface area contributed by atoms with Gasteiger partial charge in [-0.05, 0) is 48.6 Å². The van der Waals surface area contributed by atoms with Gasteiger partial charge in [0.05, 0.1) is 17.3 Å². The highest BCUT2D eigenvalue weighted by Crippen LogP contribution is 2.28. The number of benzene rings is 1. The maximum absolute atomic E-state index is 12.6. The summed E-state index contributed by atoms with van der Waals surface area (Å²) in [5, 5.41) is 10.5. The zero-order valence-electron chi connectivity index (χ0n) is 13.2. The third-order valence-corrected chi connectivity index (χ3v) is 4.62. The summed E-state index contributed by atoms with van der Waals surface area (Å²) in [5.74, 6) is -0.135. The number of anilines is 1. The highest BCUT2D eigenvalue weighted by molar-refractivity contribution is 6.08. The van der Waals surface area contributed by atoms with Crippen LogP contribution in [0.4, 0.5) is 5.69 Å². The fourth-order valence-electron chi connectivity index (χ4n) is 3.31. The fourth-order valence-corrected chi connectivity index (χ4v) is 3.31. The van der Waals surface area contributed by atoms with E-state index in [1.165, 1.54) is 11.1 Å². The van der Waals surface area contributed by atoms with Gasteiger partial charge >= 0.3 is 0 Å². The number of hydrogen-bond donors (Lipinski definition) is 3. The first-order chi connectivity index (χ1) is 11.7. The summed E-state index contributed by atoms with van der Waals surface area (Å²) in [6, 6.07) is 7.68. The molecular formula is C18H19N5O. The molecule has 24 heavy (non-hydrogen) atoms. The van der Waals surface area contributed by atoms with Crippen LogP contribution in [0, 0.1) is 0 Å². The van der Waals surface area contributed by atoms with Gasteiger partial charge in [0.25, 0.3) is 5.91 Å². The van der Waals surface area contributed by atoms with E-state index in [1.54, 1.807) is 18.5 Å². The molecule has 6 heteroatoms. The van der Waals surface area contributed by atoms with Crippen LogP contribution in [0.25, 0.3) is 11.0 Å². The summed E-state index contributed by atoms with van der Waals surface area (Å²) in [6.07, 6.45) is 7.54. The number of carbonyl (C=O) groups is 1. The van der Waals surface area contributed by atoms with Crippen molar-refractivity contribution in [3.63, 3.8) is 0 Å². The van der Waals surface area contributed by atoms with E-state index in [0.717, 1.165) is 31.1 Å². The summed E-state index contributed by atoms with van der Waals surface area (Å²) >= 11 is 0. The molecule has 2 heterocycles. The normalized spacial score (nSPS) is 17.3. The summed E-state index contributed by atoms with van der Waals surface area (Å²) in [5.41, 5.74) is 10.6. The van der Waals surface area contributed by atoms with Gasteiger partial charge in [-0.1, -0.05) is 12.5 Å². The van der Waals surface area contributed by atoms with E-state index in [2.05, 4.69) is 20.5 Å². The van der Waals surface area contributed by atoms with E-state index < -0.39 is 0 Å². The van der Waals surface area contributed by atoms with Gasteiger partial charge in [0.2, 0.25) is 0 Å². The van der Waals surface area contributed by atoms with Crippen LogP contribution in [-0.2, 0) is 6.42 Å². The minimum absolute atomic E-state index is 0.0744. The first kappa shape index (κ1) is 14.8. The number of H-pyrrole nitrogens is 1. The lowest BCUT2D eigenvalue weighted by Gasteiger charge is -2.14. The summed E-state index contributed by atoms with van der Waals surface area (Å²) in [6.45, 7) is 0. The molecule has 3 aromatic rings. The molecule has 6 nitrogen and oxygen atoms in total. The van der Waals surface area contributed by atoms with Crippen LogP contribution in [0.15, 0.2) is 36.7 Å². The molecule has 122 valence electrons. The second kappa shape index (κ2) is 6.05. The third kappa shape index (κ3) is 2.65. The van der Waals surface area contributed by atoms with E-state index in [-0.39, 0.29) is 11.9 Å². The first-order valence-electron chi connectivity index (χ1n) is 8.20. The average molecular weight is 321 g/mol. The molecule has 4 rings (SSSR count). The Morgan fingerprint density at radius 2 is 2.21 bits per heavy atom. The largest absolute Gasteiger partial charge is 0.324 e. The SMILES string of the molecule is NC1CCCCc2cc(C(=O)Nc3ccnc4[nH]ncc34)ccc21. The molecule has 1 aromatic carbocycles. The predicted octanol–water partition coefficient (Wildman–Crippen LogP) is 2.94. The molecule has 0 saturated heterocycles. The van der Waals surface area contributed by atoms with Crippen molar-refractivity contribution in [1.29, 1.82) is 0 Å². The van der Waals surface area contributed by atoms with Crippen LogP contribution in [0.2, 0.25) is 0 Å². The molecule has 0 bridgehead atoms. The van der Waals surface area contributed by atoms with Gasteiger partial charge in [0.15, 0.2) is 5.65 Å². The van der Waals surface area contributed by atoms with Crippen molar-refractivity contribution in [3.8, 4) is 0 Å². The van der Waals surface area contributed by atoms with Crippen molar-refractivity contribution in [2.24, 2.45) is 5.73 Å². The quantitative estimate of drug-likeness (QED) is 0.632. The van der Waals surface area contributed by atoms with E-state index in [9.17, 15) is 4.79 Å². The highest BCUT2D eigenvalue weighted by atomic mass is 16.1. The van der Waals surface area contributed by atoms with Crippen LogP contribution < -0.4 is 11.1 Å². The molecule has 0 radical (unpaired) electrons.